The van der Waals surface area contributed by atoms with Crippen LogP contribution in [-0.2, 0) is 15.0 Å². The van der Waals surface area contributed by atoms with E-state index in [-0.39, 0.29) is 50.9 Å². The van der Waals surface area contributed by atoms with Gasteiger partial charge in [0.2, 0.25) is 0 Å². The fourth-order valence-corrected chi connectivity index (χ4v) is 4.41. The van der Waals surface area contributed by atoms with Gasteiger partial charge in [-0.05, 0) is 45.9 Å². The maximum Gasteiger partial charge on any atom is 0.194 e. The zero-order valence-corrected chi connectivity index (χ0v) is 18.9. The Morgan fingerprint density at radius 2 is 1.79 bits per heavy atom. The Balaban J connectivity index is 1.93. The molecule has 0 spiro atoms. The van der Waals surface area contributed by atoms with Crippen LogP contribution in [0.25, 0.3) is 0 Å². The van der Waals surface area contributed by atoms with Gasteiger partial charge < -0.3 is 25.4 Å². The number of nitrogens with one attached hydrogen (secondary N) is 1. The molecule has 0 fully saturated rings. The van der Waals surface area contributed by atoms with Crippen molar-refractivity contribution in [3.8, 4) is 23.0 Å². The van der Waals surface area contributed by atoms with Crippen molar-refractivity contribution in [1.82, 2.24) is 0 Å². The molecule has 8 nitrogen and oxygen atoms in total. The molecule has 0 radical (unpaired) electrons. The summed E-state index contributed by atoms with van der Waals surface area (Å²) < 4.78 is 5.72. The van der Waals surface area contributed by atoms with Gasteiger partial charge in [0, 0.05) is 22.4 Å². The Morgan fingerprint density at radius 3 is 2.42 bits per heavy atom. The molecule has 1 aliphatic heterocycles. The topological polar surface area (TPSA) is 133 Å². The fourth-order valence-electron chi connectivity index (χ4n) is 4.24. The predicted molar refractivity (Wildman–Crippen MR) is 120 cm³/mol. The number of halogens is 1. The van der Waals surface area contributed by atoms with Crippen molar-refractivity contribution in [3.05, 3.63) is 63.0 Å². The molecule has 2 aromatic rings. The lowest BCUT2D eigenvalue weighted by molar-refractivity contribution is -0.123. The first-order valence-electron chi connectivity index (χ1n) is 9.95. The van der Waals surface area contributed by atoms with Crippen LogP contribution < -0.4 is 10.1 Å². The third-order valence-corrected chi connectivity index (χ3v) is 6.28. The van der Waals surface area contributed by atoms with E-state index in [1.807, 2.05) is 0 Å². The maximum absolute atomic E-state index is 13.7. The molecule has 0 amide bonds. The quantitative estimate of drug-likeness (QED) is 0.229. The lowest BCUT2D eigenvalue weighted by atomic mass is 9.70. The lowest BCUT2D eigenvalue weighted by Gasteiger charge is -2.29. The maximum atomic E-state index is 13.7. The van der Waals surface area contributed by atoms with Crippen molar-refractivity contribution in [3.63, 3.8) is 0 Å². The largest absolute Gasteiger partial charge is 0.507 e. The van der Waals surface area contributed by atoms with E-state index in [9.17, 15) is 29.7 Å². The normalized spacial score (nSPS) is 20.6. The predicted octanol–water partition coefficient (Wildman–Crippen LogP) is 4.04. The van der Waals surface area contributed by atoms with Gasteiger partial charge in [-0.15, -0.1) is 0 Å². The fraction of sp³-hybridized carbons (Fsp3) is 0.208. The van der Waals surface area contributed by atoms with Gasteiger partial charge in [-0.3, -0.25) is 14.4 Å². The highest BCUT2D eigenvalue weighted by Gasteiger charge is 2.56. The molecule has 1 atom stereocenters. The van der Waals surface area contributed by atoms with Crippen LogP contribution in [0.5, 0.6) is 23.0 Å². The summed E-state index contributed by atoms with van der Waals surface area (Å²) in [6, 6.07) is 4.29. The van der Waals surface area contributed by atoms with Gasteiger partial charge in [0.15, 0.2) is 17.3 Å². The van der Waals surface area contributed by atoms with E-state index in [1.54, 1.807) is 0 Å². The number of phenolic OH excluding ortho intramolecular Hbond substituents is 3. The molecule has 0 bridgehead atoms. The number of benzene rings is 2. The van der Waals surface area contributed by atoms with Crippen molar-refractivity contribution < 1.29 is 34.4 Å². The average Bonchev–Trinajstić information content (AvgIpc) is 3.02. The van der Waals surface area contributed by atoms with Crippen LogP contribution in [0.15, 0.2) is 41.3 Å². The molecule has 1 heterocycles. The van der Waals surface area contributed by atoms with E-state index in [4.69, 9.17) is 16.3 Å². The molecule has 0 aromatic heterocycles. The number of phenols is 3. The number of carbonyl (C=O) groups excluding carboxylic acids is 3. The number of rotatable bonds is 3. The van der Waals surface area contributed by atoms with Crippen LogP contribution in [0.1, 0.15) is 42.3 Å². The van der Waals surface area contributed by atoms with Crippen molar-refractivity contribution >= 4 is 34.6 Å². The minimum absolute atomic E-state index is 0.00246. The second kappa shape index (κ2) is 7.38. The van der Waals surface area contributed by atoms with E-state index >= 15 is 0 Å². The van der Waals surface area contributed by atoms with Crippen LogP contribution in [0.3, 0.4) is 0 Å². The lowest BCUT2D eigenvalue weighted by Crippen LogP contribution is -2.40. The van der Waals surface area contributed by atoms with E-state index < -0.39 is 34.3 Å². The molecule has 9 heteroatoms. The Hall–Kier alpha value is -3.78. The first kappa shape index (κ1) is 22.4. The summed E-state index contributed by atoms with van der Waals surface area (Å²) in [5, 5.41) is 34.5. The number of aromatic hydroxyl groups is 3. The number of ketones is 3. The van der Waals surface area contributed by atoms with E-state index in [2.05, 4.69) is 5.32 Å². The highest BCUT2D eigenvalue weighted by Crippen LogP contribution is 2.57. The first-order chi connectivity index (χ1) is 15.4. The Kier molecular flexibility index (Phi) is 5.01. The number of ether oxygens (including phenoxy) is 1. The molecular formula is C24H20ClNO7. The van der Waals surface area contributed by atoms with Gasteiger partial charge in [-0.2, -0.15) is 0 Å². The summed E-state index contributed by atoms with van der Waals surface area (Å²) in [4.78, 5) is 38.9. The minimum atomic E-state index is -1.62. The van der Waals surface area contributed by atoms with Gasteiger partial charge in [-0.25, -0.2) is 0 Å². The second-order valence-electron chi connectivity index (χ2n) is 8.17. The monoisotopic (exact) mass is 469 g/mol. The standard InChI is InChI=1S/C24H20ClNO7/c1-9-20(30)18(11(3)27)22-19(21(9)31)24(4)16(33-22)8-15(29)17(23(24)32)10(2)26-13-7-12(25)5-6-14(13)28/h5-8,26,28,30-31H,1-4H3/b17-10+/t24-/m0/s1. The van der Waals surface area contributed by atoms with Crippen molar-refractivity contribution in [2.75, 3.05) is 5.32 Å². The summed E-state index contributed by atoms with van der Waals surface area (Å²) in [5.74, 6) is -3.07. The molecule has 2 aromatic carbocycles. The minimum Gasteiger partial charge on any atom is -0.507 e. The molecule has 170 valence electrons. The molecule has 33 heavy (non-hydrogen) atoms. The Bertz CT molecular complexity index is 1360. The van der Waals surface area contributed by atoms with Gasteiger partial charge in [0.1, 0.15) is 39.7 Å². The molecule has 4 N–H and O–H groups in total. The zero-order valence-electron chi connectivity index (χ0n) is 18.2. The van der Waals surface area contributed by atoms with Gasteiger partial charge in [0.05, 0.1) is 16.8 Å². The second-order valence-corrected chi connectivity index (χ2v) is 8.61. The third kappa shape index (κ3) is 3.09. The summed E-state index contributed by atoms with van der Waals surface area (Å²) in [7, 11) is 0. The summed E-state index contributed by atoms with van der Waals surface area (Å²) >= 11 is 5.98. The van der Waals surface area contributed by atoms with Crippen LogP contribution in [0.4, 0.5) is 5.69 Å². The molecule has 4 rings (SSSR count). The molecular weight excluding hydrogens is 450 g/mol. The molecule has 2 aliphatic rings. The molecule has 0 saturated heterocycles. The summed E-state index contributed by atoms with van der Waals surface area (Å²) in [6.45, 7) is 5.60. The summed E-state index contributed by atoms with van der Waals surface area (Å²) in [5.41, 5.74) is -1.66. The number of hydrogen-bond donors (Lipinski definition) is 4. The SMILES string of the molecule is CC(=O)c1c(O)c(C)c(O)c2c1OC1=CC(=O)/C(=C(/C)Nc3cc(Cl)ccc3O)C(=O)[C@@]12C. The number of fused-ring (bicyclic) bond motifs is 3. The number of anilines is 1. The molecule has 0 saturated carbocycles. The van der Waals surface area contributed by atoms with Crippen molar-refractivity contribution in [2.24, 2.45) is 0 Å². The molecule has 1 aliphatic carbocycles. The number of hydrogen-bond acceptors (Lipinski definition) is 8. The van der Waals surface area contributed by atoms with Gasteiger partial charge in [-0.1, -0.05) is 11.6 Å². The smallest absolute Gasteiger partial charge is 0.194 e. The average molecular weight is 470 g/mol. The van der Waals surface area contributed by atoms with Gasteiger partial charge >= 0.3 is 0 Å². The number of Topliss-reactive ketones (excluding diaryl/α,β-unsaturated/α-hetero) is 2. The van der Waals surface area contributed by atoms with Crippen LogP contribution in [0.2, 0.25) is 5.02 Å². The van der Waals surface area contributed by atoms with Crippen LogP contribution in [-0.4, -0.2) is 32.7 Å². The highest BCUT2D eigenvalue weighted by molar-refractivity contribution is 6.32. The van der Waals surface area contributed by atoms with Crippen molar-refractivity contribution in [1.29, 1.82) is 0 Å². The Morgan fingerprint density at radius 1 is 1.12 bits per heavy atom. The Labute approximate surface area is 193 Å². The van der Waals surface area contributed by atoms with E-state index in [0.29, 0.717) is 5.02 Å². The highest BCUT2D eigenvalue weighted by atomic mass is 35.5. The van der Waals surface area contributed by atoms with Gasteiger partial charge in [0.25, 0.3) is 0 Å². The zero-order chi connectivity index (χ0) is 24.4. The van der Waals surface area contributed by atoms with E-state index in [0.717, 1.165) is 6.08 Å². The number of allylic oxidation sites excluding steroid dienone is 4. The first-order valence-corrected chi connectivity index (χ1v) is 10.3. The van der Waals surface area contributed by atoms with Crippen LogP contribution >= 0.6 is 11.6 Å². The number of carbonyl (C=O) groups is 3. The third-order valence-electron chi connectivity index (χ3n) is 6.04. The van der Waals surface area contributed by atoms with Crippen LogP contribution in [0, 0.1) is 6.92 Å². The summed E-state index contributed by atoms with van der Waals surface area (Å²) in [6.07, 6.45) is 1.12. The van der Waals surface area contributed by atoms with E-state index in [1.165, 1.54) is 45.9 Å². The molecule has 0 unspecified atom stereocenters. The van der Waals surface area contributed by atoms with Crippen molar-refractivity contribution in [2.45, 2.75) is 33.1 Å².